The van der Waals surface area contributed by atoms with Crippen molar-refractivity contribution >= 4 is 29.9 Å². The Balaban J connectivity index is 0.00000280. The van der Waals surface area contributed by atoms with Gasteiger partial charge >= 0.3 is 0 Å². The number of aryl methyl sites for hydroxylation is 1. The van der Waals surface area contributed by atoms with E-state index in [4.69, 9.17) is 9.15 Å². The number of ether oxygens (including phenoxy) is 1. The number of nitrogens with one attached hydrogen (secondary N) is 2. The fraction of sp³-hybridized carbons (Fsp3) is 0.250. The van der Waals surface area contributed by atoms with Crippen LogP contribution in [0.4, 0.5) is 0 Å². The Morgan fingerprint density at radius 3 is 2.43 bits per heavy atom. The van der Waals surface area contributed by atoms with Crippen molar-refractivity contribution in [1.29, 1.82) is 0 Å². The fourth-order valence-corrected chi connectivity index (χ4v) is 2.46. The fourth-order valence-electron chi connectivity index (χ4n) is 2.46. The summed E-state index contributed by atoms with van der Waals surface area (Å²) in [5, 5.41) is 6.43. The maximum Gasteiger partial charge on any atom is 0.226 e. The average Bonchev–Trinajstić information content (AvgIpc) is 3.18. The highest BCUT2D eigenvalue weighted by Gasteiger charge is 2.07. The molecule has 0 spiro atoms. The van der Waals surface area contributed by atoms with Crippen molar-refractivity contribution in [2.24, 2.45) is 4.99 Å². The molecule has 28 heavy (non-hydrogen) atoms. The van der Waals surface area contributed by atoms with Crippen molar-refractivity contribution in [1.82, 2.24) is 20.6 Å². The third-order valence-electron chi connectivity index (χ3n) is 3.94. The molecule has 0 aliphatic carbocycles. The molecule has 0 atom stereocenters. The topological polar surface area (TPSA) is 84.6 Å². The lowest BCUT2D eigenvalue weighted by molar-refractivity contribution is 0.396. The molecule has 0 saturated carbocycles. The Labute approximate surface area is 181 Å². The van der Waals surface area contributed by atoms with Crippen molar-refractivity contribution < 1.29 is 9.15 Å². The van der Waals surface area contributed by atoms with Crippen molar-refractivity contribution in [3.8, 4) is 17.3 Å². The molecular weight excluding hydrogens is 469 g/mol. The predicted molar refractivity (Wildman–Crippen MR) is 120 cm³/mol. The van der Waals surface area contributed by atoms with Gasteiger partial charge in [0.15, 0.2) is 5.96 Å². The Hall–Kier alpha value is -2.62. The number of hydrogen-bond donors (Lipinski definition) is 2. The minimum Gasteiger partial charge on any atom is -0.481 e. The first kappa shape index (κ1) is 21.7. The van der Waals surface area contributed by atoms with E-state index in [1.165, 1.54) is 5.56 Å². The molecule has 0 amide bonds. The molecule has 2 aromatic heterocycles. The van der Waals surface area contributed by atoms with E-state index in [0.29, 0.717) is 30.8 Å². The number of oxazole rings is 1. The zero-order chi connectivity index (χ0) is 19.1. The standard InChI is InChI=1S/C20H23N5O2.HI/c1-14-7-9-15(10-8-14)19-25-17(13-27-19)12-23-20(21-2)22-11-16-5-4-6-18(24-16)26-3;/h4-10,13H,11-12H2,1-3H3,(H2,21,22,23);1H. The van der Waals surface area contributed by atoms with Crippen LogP contribution in [0.15, 0.2) is 58.1 Å². The van der Waals surface area contributed by atoms with Crippen molar-refractivity contribution in [3.05, 3.63) is 65.7 Å². The number of aromatic nitrogens is 2. The first-order valence-electron chi connectivity index (χ1n) is 8.64. The molecule has 0 radical (unpaired) electrons. The second-order valence-corrected chi connectivity index (χ2v) is 5.96. The van der Waals surface area contributed by atoms with Gasteiger partial charge in [0.2, 0.25) is 11.8 Å². The highest BCUT2D eigenvalue weighted by molar-refractivity contribution is 14.0. The molecule has 148 valence electrons. The Morgan fingerprint density at radius 1 is 1.04 bits per heavy atom. The van der Waals surface area contributed by atoms with E-state index < -0.39 is 0 Å². The normalized spacial score (nSPS) is 10.9. The summed E-state index contributed by atoms with van der Waals surface area (Å²) in [7, 11) is 3.32. The zero-order valence-electron chi connectivity index (χ0n) is 16.1. The zero-order valence-corrected chi connectivity index (χ0v) is 18.4. The first-order valence-corrected chi connectivity index (χ1v) is 8.64. The quantitative estimate of drug-likeness (QED) is 0.311. The molecule has 0 unspecified atom stereocenters. The van der Waals surface area contributed by atoms with Crippen LogP contribution < -0.4 is 15.4 Å². The Morgan fingerprint density at radius 2 is 1.75 bits per heavy atom. The molecule has 0 fully saturated rings. The van der Waals surface area contributed by atoms with E-state index >= 15 is 0 Å². The monoisotopic (exact) mass is 493 g/mol. The van der Waals surface area contributed by atoms with Gasteiger partial charge in [-0.15, -0.1) is 24.0 Å². The molecule has 0 saturated heterocycles. The highest BCUT2D eigenvalue weighted by atomic mass is 127. The van der Waals surface area contributed by atoms with Crippen LogP contribution in [0.3, 0.4) is 0 Å². The number of pyridine rings is 1. The minimum atomic E-state index is 0. The molecule has 2 N–H and O–H groups in total. The Kier molecular flexibility index (Phi) is 8.24. The molecule has 0 aliphatic rings. The van der Waals surface area contributed by atoms with Gasteiger partial charge in [-0.05, 0) is 25.1 Å². The lowest BCUT2D eigenvalue weighted by atomic mass is 10.1. The molecule has 8 heteroatoms. The summed E-state index contributed by atoms with van der Waals surface area (Å²) in [5.74, 6) is 1.85. The summed E-state index contributed by atoms with van der Waals surface area (Å²) >= 11 is 0. The number of hydrogen-bond acceptors (Lipinski definition) is 5. The maximum absolute atomic E-state index is 5.58. The molecule has 3 aromatic rings. The molecule has 0 bridgehead atoms. The third kappa shape index (κ3) is 5.95. The van der Waals surface area contributed by atoms with Crippen molar-refractivity contribution in [2.75, 3.05) is 14.2 Å². The maximum atomic E-state index is 5.58. The molecule has 2 heterocycles. The number of nitrogens with zero attached hydrogens (tertiary/aromatic N) is 3. The first-order chi connectivity index (χ1) is 13.2. The van der Waals surface area contributed by atoms with Crippen LogP contribution in [0.2, 0.25) is 0 Å². The van der Waals surface area contributed by atoms with Gasteiger partial charge in [-0.2, -0.15) is 0 Å². The summed E-state index contributed by atoms with van der Waals surface area (Å²) in [6.45, 7) is 3.08. The van der Waals surface area contributed by atoms with E-state index in [2.05, 4.69) is 25.6 Å². The van der Waals surface area contributed by atoms with E-state index in [1.54, 1.807) is 20.4 Å². The summed E-state index contributed by atoms with van der Waals surface area (Å²) in [4.78, 5) is 13.1. The van der Waals surface area contributed by atoms with Gasteiger partial charge < -0.3 is 19.8 Å². The molecule has 1 aromatic carbocycles. The average molecular weight is 493 g/mol. The number of guanidine groups is 1. The highest BCUT2D eigenvalue weighted by Crippen LogP contribution is 2.19. The molecular formula is C20H24IN5O2. The summed E-state index contributed by atoms with van der Waals surface area (Å²) in [6.07, 6.45) is 1.65. The molecule has 0 aliphatic heterocycles. The number of methoxy groups -OCH3 is 1. The second kappa shape index (κ2) is 10.6. The van der Waals surface area contributed by atoms with E-state index in [-0.39, 0.29) is 24.0 Å². The van der Waals surface area contributed by atoms with Crippen molar-refractivity contribution in [2.45, 2.75) is 20.0 Å². The molecule has 7 nitrogen and oxygen atoms in total. The smallest absolute Gasteiger partial charge is 0.226 e. The lowest BCUT2D eigenvalue weighted by Crippen LogP contribution is -2.36. The van der Waals surface area contributed by atoms with Crippen LogP contribution in [0.25, 0.3) is 11.5 Å². The van der Waals surface area contributed by atoms with Gasteiger partial charge in [-0.1, -0.05) is 23.8 Å². The van der Waals surface area contributed by atoms with Gasteiger partial charge in [0, 0.05) is 18.7 Å². The van der Waals surface area contributed by atoms with E-state index in [1.807, 2.05) is 49.4 Å². The Bertz CT molecular complexity index is 909. The second-order valence-electron chi connectivity index (χ2n) is 5.96. The van der Waals surface area contributed by atoms with Crippen LogP contribution in [-0.4, -0.2) is 30.1 Å². The van der Waals surface area contributed by atoms with Crippen LogP contribution in [0, 0.1) is 6.92 Å². The SMILES string of the molecule is CN=C(NCc1cccc(OC)n1)NCc1coc(-c2ccc(C)cc2)n1.I. The van der Waals surface area contributed by atoms with Gasteiger partial charge in [0.25, 0.3) is 0 Å². The minimum absolute atomic E-state index is 0. The number of aliphatic imine (C=N–C) groups is 1. The molecule has 3 rings (SSSR count). The largest absolute Gasteiger partial charge is 0.481 e. The predicted octanol–water partition coefficient (Wildman–Crippen LogP) is 3.54. The van der Waals surface area contributed by atoms with Crippen LogP contribution in [0.5, 0.6) is 5.88 Å². The van der Waals surface area contributed by atoms with Gasteiger partial charge in [-0.3, -0.25) is 4.99 Å². The van der Waals surface area contributed by atoms with Crippen LogP contribution >= 0.6 is 24.0 Å². The van der Waals surface area contributed by atoms with Gasteiger partial charge in [-0.25, -0.2) is 9.97 Å². The summed E-state index contributed by atoms with van der Waals surface area (Å²) in [6, 6.07) is 13.7. The van der Waals surface area contributed by atoms with Crippen molar-refractivity contribution in [3.63, 3.8) is 0 Å². The van der Waals surface area contributed by atoms with Gasteiger partial charge in [0.1, 0.15) is 6.26 Å². The van der Waals surface area contributed by atoms with Gasteiger partial charge in [0.05, 0.1) is 31.6 Å². The number of rotatable bonds is 6. The van der Waals surface area contributed by atoms with Crippen LogP contribution in [-0.2, 0) is 13.1 Å². The van der Waals surface area contributed by atoms with E-state index in [0.717, 1.165) is 17.0 Å². The summed E-state index contributed by atoms with van der Waals surface area (Å²) in [5.41, 5.74) is 3.82. The lowest BCUT2D eigenvalue weighted by Gasteiger charge is -2.10. The third-order valence-corrected chi connectivity index (χ3v) is 3.94. The number of benzene rings is 1. The number of halogens is 1. The van der Waals surface area contributed by atoms with Crippen LogP contribution in [0.1, 0.15) is 17.0 Å². The summed E-state index contributed by atoms with van der Waals surface area (Å²) < 4.78 is 10.7. The van der Waals surface area contributed by atoms with E-state index in [9.17, 15) is 0 Å².